The average molecular weight is 367 g/mol. The summed E-state index contributed by atoms with van der Waals surface area (Å²) in [6, 6.07) is 2.41. The van der Waals surface area contributed by atoms with Gasteiger partial charge in [-0.2, -0.15) is 4.98 Å². The molecule has 26 heavy (non-hydrogen) atoms. The number of nitrogens with zero attached hydrogens (tertiary/aromatic N) is 4. The summed E-state index contributed by atoms with van der Waals surface area (Å²) in [5.74, 6) is -2.70. The SMILES string of the molecule is CN(c1ncnc(N)n1)[C@@H]1C[C@H]([C@H](O)c2ccc(F)c(F)c2)[C@@H](O)[C@H]1O. The van der Waals surface area contributed by atoms with Crippen LogP contribution >= 0.6 is 0 Å². The van der Waals surface area contributed by atoms with Crippen LogP contribution < -0.4 is 10.6 Å². The Labute approximate surface area is 148 Å². The third-order valence-electron chi connectivity index (χ3n) is 4.78. The Morgan fingerprint density at radius 3 is 2.58 bits per heavy atom. The molecule has 0 amide bonds. The summed E-state index contributed by atoms with van der Waals surface area (Å²) in [7, 11) is 1.61. The fraction of sp³-hybridized carbons (Fsp3) is 0.438. The maximum absolute atomic E-state index is 13.4. The number of anilines is 2. The molecule has 5 atom stereocenters. The number of nitrogens with two attached hydrogens (primary N) is 1. The maximum Gasteiger partial charge on any atom is 0.230 e. The lowest BCUT2D eigenvalue weighted by atomic mass is 9.92. The van der Waals surface area contributed by atoms with Crippen LogP contribution in [0.1, 0.15) is 18.1 Å². The molecule has 1 aliphatic rings. The third-order valence-corrected chi connectivity index (χ3v) is 4.78. The second-order valence-corrected chi connectivity index (χ2v) is 6.32. The minimum atomic E-state index is -1.28. The Balaban J connectivity index is 1.81. The van der Waals surface area contributed by atoms with Crippen molar-refractivity contribution in [3.8, 4) is 0 Å². The molecule has 0 radical (unpaired) electrons. The smallest absolute Gasteiger partial charge is 0.230 e. The van der Waals surface area contributed by atoms with Gasteiger partial charge in [0, 0.05) is 13.0 Å². The molecule has 1 saturated carbocycles. The Kier molecular flexibility index (Phi) is 4.99. The molecule has 0 aliphatic heterocycles. The van der Waals surface area contributed by atoms with Crippen LogP contribution in [0.25, 0.3) is 0 Å². The van der Waals surface area contributed by atoms with Gasteiger partial charge in [0.15, 0.2) is 11.6 Å². The van der Waals surface area contributed by atoms with Crippen molar-refractivity contribution < 1.29 is 24.1 Å². The first-order chi connectivity index (χ1) is 12.3. The van der Waals surface area contributed by atoms with Gasteiger partial charge in [-0.05, 0) is 24.1 Å². The first-order valence-electron chi connectivity index (χ1n) is 7.96. The third kappa shape index (κ3) is 3.30. The van der Waals surface area contributed by atoms with E-state index in [2.05, 4.69) is 15.0 Å². The molecule has 8 nitrogen and oxygen atoms in total. The minimum Gasteiger partial charge on any atom is -0.390 e. The largest absolute Gasteiger partial charge is 0.390 e. The van der Waals surface area contributed by atoms with E-state index in [4.69, 9.17) is 5.73 Å². The zero-order valence-corrected chi connectivity index (χ0v) is 13.9. The molecule has 0 unspecified atom stereocenters. The summed E-state index contributed by atoms with van der Waals surface area (Å²) in [4.78, 5) is 13.2. The average Bonchev–Trinajstić information content (AvgIpc) is 2.91. The van der Waals surface area contributed by atoms with Gasteiger partial charge in [0.2, 0.25) is 11.9 Å². The van der Waals surface area contributed by atoms with E-state index < -0.39 is 41.9 Å². The van der Waals surface area contributed by atoms with Crippen molar-refractivity contribution in [3.63, 3.8) is 0 Å². The fourth-order valence-electron chi connectivity index (χ4n) is 3.30. The van der Waals surface area contributed by atoms with E-state index in [-0.39, 0.29) is 23.9 Å². The van der Waals surface area contributed by atoms with Crippen LogP contribution in [-0.4, -0.2) is 55.6 Å². The quantitative estimate of drug-likeness (QED) is 0.595. The first-order valence-corrected chi connectivity index (χ1v) is 7.96. The van der Waals surface area contributed by atoms with Crippen LogP contribution in [0, 0.1) is 17.6 Å². The molecule has 1 heterocycles. The van der Waals surface area contributed by atoms with Gasteiger partial charge in [0.1, 0.15) is 12.4 Å². The van der Waals surface area contributed by atoms with Gasteiger partial charge in [0.05, 0.1) is 18.2 Å². The highest BCUT2D eigenvalue weighted by atomic mass is 19.2. The van der Waals surface area contributed by atoms with Gasteiger partial charge in [-0.15, -0.1) is 0 Å². The van der Waals surface area contributed by atoms with Crippen molar-refractivity contribution in [2.45, 2.75) is 30.8 Å². The van der Waals surface area contributed by atoms with Gasteiger partial charge in [-0.3, -0.25) is 0 Å². The number of aliphatic hydroxyl groups excluding tert-OH is 3. The summed E-state index contributed by atoms with van der Waals surface area (Å²) >= 11 is 0. The Morgan fingerprint density at radius 2 is 1.92 bits per heavy atom. The Morgan fingerprint density at radius 1 is 1.19 bits per heavy atom. The lowest BCUT2D eigenvalue weighted by Gasteiger charge is -2.27. The molecule has 5 N–H and O–H groups in total. The van der Waals surface area contributed by atoms with Gasteiger partial charge in [-0.1, -0.05) is 6.07 Å². The Hall–Kier alpha value is -2.43. The van der Waals surface area contributed by atoms with Crippen molar-refractivity contribution in [2.24, 2.45) is 5.92 Å². The summed E-state index contributed by atoms with van der Waals surface area (Å²) in [6.45, 7) is 0. The van der Waals surface area contributed by atoms with Crippen molar-refractivity contribution >= 4 is 11.9 Å². The van der Waals surface area contributed by atoms with Crippen molar-refractivity contribution in [1.82, 2.24) is 15.0 Å². The molecular weight excluding hydrogens is 348 g/mol. The van der Waals surface area contributed by atoms with E-state index in [1.807, 2.05) is 0 Å². The molecule has 1 aromatic heterocycles. The highest BCUT2D eigenvalue weighted by Gasteiger charge is 2.47. The molecule has 2 aromatic rings. The minimum absolute atomic E-state index is 0.00765. The lowest BCUT2D eigenvalue weighted by Crippen LogP contribution is -2.42. The molecule has 1 fully saturated rings. The predicted octanol–water partition coefficient (Wildman–Crippen LogP) is 0.0121. The predicted molar refractivity (Wildman–Crippen MR) is 87.9 cm³/mol. The molecule has 3 rings (SSSR count). The van der Waals surface area contributed by atoms with Crippen LogP contribution in [0.4, 0.5) is 20.7 Å². The van der Waals surface area contributed by atoms with E-state index in [0.29, 0.717) is 0 Å². The number of rotatable bonds is 4. The zero-order valence-electron chi connectivity index (χ0n) is 13.9. The number of hydrogen-bond donors (Lipinski definition) is 4. The van der Waals surface area contributed by atoms with Crippen LogP contribution in [-0.2, 0) is 0 Å². The number of nitrogen functional groups attached to an aromatic ring is 1. The van der Waals surface area contributed by atoms with Crippen LogP contribution in [0.5, 0.6) is 0 Å². The van der Waals surface area contributed by atoms with Crippen LogP contribution in [0.3, 0.4) is 0 Å². The van der Waals surface area contributed by atoms with E-state index in [9.17, 15) is 24.1 Å². The standard InChI is InChI=1S/C16H19F2N5O3/c1-23(16-21-6-20-15(19)22-16)11-5-8(13(25)14(11)26)12(24)7-2-3-9(17)10(18)4-7/h2-4,6,8,11-14,24-26H,5H2,1H3,(H2,19,20,21,22)/t8-,11-,12-,13-,14+/m1/s1. The maximum atomic E-state index is 13.4. The number of hydrogen-bond acceptors (Lipinski definition) is 8. The molecule has 0 bridgehead atoms. The lowest BCUT2D eigenvalue weighted by molar-refractivity contribution is -0.0232. The van der Waals surface area contributed by atoms with Crippen LogP contribution in [0.2, 0.25) is 0 Å². The van der Waals surface area contributed by atoms with Gasteiger partial charge < -0.3 is 26.0 Å². The normalized spacial score (nSPS) is 26.7. The van der Waals surface area contributed by atoms with E-state index >= 15 is 0 Å². The summed E-state index contributed by atoms with van der Waals surface area (Å²) < 4.78 is 26.5. The van der Waals surface area contributed by atoms with Gasteiger partial charge >= 0.3 is 0 Å². The second kappa shape index (κ2) is 7.06. The van der Waals surface area contributed by atoms with Gasteiger partial charge in [0.25, 0.3) is 0 Å². The van der Waals surface area contributed by atoms with Crippen LogP contribution in [0.15, 0.2) is 24.5 Å². The number of aliphatic hydroxyl groups is 3. The topological polar surface area (TPSA) is 129 Å². The summed E-state index contributed by atoms with van der Waals surface area (Å²) in [6.07, 6.45) is -2.37. The molecule has 10 heteroatoms. The molecule has 140 valence electrons. The number of benzene rings is 1. The number of likely N-dealkylation sites (N-methyl/N-ethyl adjacent to an activating group) is 1. The zero-order chi connectivity index (χ0) is 19.0. The summed E-state index contributed by atoms with van der Waals surface area (Å²) in [5, 5.41) is 31.2. The monoisotopic (exact) mass is 367 g/mol. The first kappa shape index (κ1) is 18.4. The van der Waals surface area contributed by atoms with Gasteiger partial charge in [-0.25, -0.2) is 18.7 Å². The highest BCUT2D eigenvalue weighted by molar-refractivity contribution is 5.35. The van der Waals surface area contributed by atoms with E-state index in [0.717, 1.165) is 12.1 Å². The molecule has 1 aliphatic carbocycles. The number of halogens is 2. The molecular formula is C16H19F2N5O3. The number of aromatic nitrogens is 3. The molecule has 0 saturated heterocycles. The fourth-order valence-corrected chi connectivity index (χ4v) is 3.30. The van der Waals surface area contributed by atoms with Crippen molar-refractivity contribution in [3.05, 3.63) is 41.7 Å². The second-order valence-electron chi connectivity index (χ2n) is 6.32. The highest BCUT2D eigenvalue weighted by Crippen LogP contribution is 2.39. The molecule has 0 spiro atoms. The van der Waals surface area contributed by atoms with Crippen molar-refractivity contribution in [2.75, 3.05) is 17.7 Å². The Bertz CT molecular complexity index is 796. The molecule has 1 aromatic carbocycles. The van der Waals surface area contributed by atoms with Crippen molar-refractivity contribution in [1.29, 1.82) is 0 Å². The summed E-state index contributed by atoms with van der Waals surface area (Å²) in [5.41, 5.74) is 5.65. The van der Waals surface area contributed by atoms with E-state index in [1.54, 1.807) is 7.05 Å². The van der Waals surface area contributed by atoms with E-state index in [1.165, 1.54) is 17.3 Å².